The third kappa shape index (κ3) is 4.93. The Labute approximate surface area is 194 Å². The molecule has 2 heterocycles. The fourth-order valence-electron chi connectivity index (χ4n) is 4.54. The van der Waals surface area contributed by atoms with Crippen LogP contribution in [0.5, 0.6) is 0 Å². The van der Waals surface area contributed by atoms with Crippen LogP contribution in [0.15, 0.2) is 48.5 Å². The van der Waals surface area contributed by atoms with E-state index in [0.717, 1.165) is 17.7 Å². The number of rotatable bonds is 7. The molecule has 4 rings (SSSR count). The lowest BCUT2D eigenvalue weighted by atomic mass is 10.0. The molecule has 0 saturated carbocycles. The van der Waals surface area contributed by atoms with Gasteiger partial charge in [0.15, 0.2) is 0 Å². The van der Waals surface area contributed by atoms with Crippen LogP contribution in [0.4, 0.5) is 10.1 Å². The molecule has 0 spiro atoms. The normalized spacial score (nSPS) is 20.3. The first-order chi connectivity index (χ1) is 15.6. The Hall–Kier alpha value is -2.13. The fraction of sp³-hybridized carbons (Fsp3) is 0.458. The van der Waals surface area contributed by atoms with Crippen LogP contribution in [0.25, 0.3) is 0 Å². The molecule has 0 aliphatic carbocycles. The second kappa shape index (κ2) is 10.7. The molecule has 2 atom stereocenters. The summed E-state index contributed by atoms with van der Waals surface area (Å²) in [6.45, 7) is 8.99. The Bertz CT molecular complexity index is 897. The van der Waals surface area contributed by atoms with Gasteiger partial charge in [-0.3, -0.25) is 9.69 Å². The lowest BCUT2D eigenvalue weighted by Gasteiger charge is -2.41. The number of carbonyl (C=O) groups is 1. The average molecular weight is 458 g/mol. The maximum absolute atomic E-state index is 15.0. The molecule has 2 unspecified atom stereocenters. The molecule has 2 aliphatic rings. The highest BCUT2D eigenvalue weighted by atomic mass is 32.2. The molecule has 0 radical (unpaired) electrons. The summed E-state index contributed by atoms with van der Waals surface area (Å²) in [6, 6.07) is 15.4. The van der Waals surface area contributed by atoms with Gasteiger partial charge in [0.25, 0.3) is 0 Å². The summed E-state index contributed by atoms with van der Waals surface area (Å²) < 4.78 is 21.4. The second-order valence-electron chi connectivity index (χ2n) is 8.18. The van der Waals surface area contributed by atoms with Gasteiger partial charge in [-0.05, 0) is 37.1 Å². The Morgan fingerprint density at radius 2 is 1.84 bits per heavy atom. The van der Waals surface area contributed by atoms with Crippen molar-refractivity contribution in [2.24, 2.45) is 0 Å². The van der Waals surface area contributed by atoms with E-state index in [2.05, 4.69) is 19.2 Å². The van der Waals surface area contributed by atoms with E-state index in [1.54, 1.807) is 6.07 Å². The van der Waals surface area contributed by atoms with Crippen LogP contribution >= 0.6 is 12.1 Å². The first-order valence-corrected chi connectivity index (χ1v) is 12.2. The Morgan fingerprint density at radius 1 is 1.12 bits per heavy atom. The Balaban J connectivity index is 1.47. The third-order valence-corrected chi connectivity index (χ3v) is 7.09. The quantitative estimate of drug-likeness (QED) is 0.622. The monoisotopic (exact) mass is 457 g/mol. The molecule has 1 amide bonds. The number of carbonyl (C=O) groups excluding carboxylic acids is 1. The second-order valence-corrected chi connectivity index (χ2v) is 8.91. The number of benzene rings is 2. The van der Waals surface area contributed by atoms with E-state index in [-0.39, 0.29) is 23.8 Å². The van der Waals surface area contributed by atoms with E-state index in [1.165, 1.54) is 12.1 Å². The number of nitrogens with zero attached hydrogens (tertiary/aromatic N) is 3. The molecule has 2 aliphatic heterocycles. The van der Waals surface area contributed by atoms with Crippen molar-refractivity contribution in [3.8, 4) is 0 Å². The van der Waals surface area contributed by atoms with Crippen LogP contribution in [0.2, 0.25) is 0 Å². The summed E-state index contributed by atoms with van der Waals surface area (Å²) >= 11 is 1.45. The van der Waals surface area contributed by atoms with Gasteiger partial charge >= 0.3 is 0 Å². The van der Waals surface area contributed by atoms with Crippen LogP contribution in [0, 0.1) is 5.82 Å². The lowest BCUT2D eigenvalue weighted by Crippen LogP contribution is -2.52. The molecule has 2 saturated heterocycles. The largest absolute Gasteiger partial charge is 0.367 e. The number of halogens is 1. The molecular formula is C24H32FN5OS. The minimum Gasteiger partial charge on any atom is -0.367 e. The van der Waals surface area contributed by atoms with Gasteiger partial charge in [0.2, 0.25) is 5.91 Å². The van der Waals surface area contributed by atoms with E-state index in [9.17, 15) is 9.18 Å². The van der Waals surface area contributed by atoms with Gasteiger partial charge in [0.1, 0.15) is 11.9 Å². The van der Waals surface area contributed by atoms with E-state index >= 15 is 0 Å². The number of likely N-dealkylation sites (N-methyl/N-ethyl adjacent to an activating group) is 1. The molecule has 8 heteroatoms. The maximum Gasteiger partial charge on any atom is 0.244 e. The first-order valence-electron chi connectivity index (χ1n) is 11.4. The molecule has 2 aromatic rings. The van der Waals surface area contributed by atoms with E-state index in [4.69, 9.17) is 0 Å². The minimum absolute atomic E-state index is 0.123. The maximum atomic E-state index is 15.0. The molecule has 172 valence electrons. The summed E-state index contributed by atoms with van der Waals surface area (Å²) in [5.41, 5.74) is 2.61. The predicted octanol–water partition coefficient (Wildman–Crippen LogP) is 3.35. The topological polar surface area (TPSA) is 50.9 Å². The van der Waals surface area contributed by atoms with Crippen LogP contribution in [-0.2, 0) is 4.79 Å². The molecule has 2 aromatic carbocycles. The van der Waals surface area contributed by atoms with Crippen LogP contribution in [0.1, 0.15) is 37.1 Å². The highest BCUT2D eigenvalue weighted by Crippen LogP contribution is 2.29. The SMILES string of the molecule is CCN(CC)C(=O)C(c1ccccc1)N1CCN(c2ccc(C3CNSN3)cc2F)CC1. The van der Waals surface area contributed by atoms with Gasteiger partial charge in [-0.25, -0.2) is 13.8 Å². The van der Waals surface area contributed by atoms with Gasteiger partial charge in [-0.2, -0.15) is 0 Å². The fourth-order valence-corrected chi connectivity index (χ4v) is 5.23. The predicted molar refractivity (Wildman–Crippen MR) is 129 cm³/mol. The molecule has 6 nitrogen and oxygen atoms in total. The van der Waals surface area contributed by atoms with E-state index in [1.807, 2.05) is 61.2 Å². The zero-order valence-corrected chi connectivity index (χ0v) is 19.6. The number of piperazine rings is 1. The van der Waals surface area contributed by atoms with Crippen molar-refractivity contribution >= 4 is 23.7 Å². The highest BCUT2D eigenvalue weighted by Gasteiger charge is 2.33. The van der Waals surface area contributed by atoms with Crippen molar-refractivity contribution in [3.63, 3.8) is 0 Å². The number of hydrogen-bond acceptors (Lipinski definition) is 6. The minimum atomic E-state index is -0.302. The van der Waals surface area contributed by atoms with Gasteiger partial charge in [-0.15, -0.1) is 0 Å². The zero-order chi connectivity index (χ0) is 22.5. The van der Waals surface area contributed by atoms with Gasteiger partial charge in [0, 0.05) is 57.9 Å². The Kier molecular flexibility index (Phi) is 7.67. The van der Waals surface area contributed by atoms with E-state index in [0.29, 0.717) is 45.0 Å². The van der Waals surface area contributed by atoms with Gasteiger partial charge in [-0.1, -0.05) is 36.4 Å². The summed E-state index contributed by atoms with van der Waals surface area (Å²) in [4.78, 5) is 19.6. The van der Waals surface area contributed by atoms with Gasteiger partial charge < -0.3 is 9.80 Å². The standard InChI is InChI=1S/C24H32FN5OS/c1-3-28(4-2)24(31)23(18-8-6-5-7-9-18)30-14-12-29(13-15-30)22-11-10-19(16-20(22)25)21-17-26-32-27-21/h5-11,16,21,23,26-27H,3-4,12-15,17H2,1-2H3. The summed E-state index contributed by atoms with van der Waals surface area (Å²) in [7, 11) is 0. The van der Waals surface area contributed by atoms with Gasteiger partial charge in [0.05, 0.1) is 11.7 Å². The molecular weight excluding hydrogens is 425 g/mol. The molecule has 2 fully saturated rings. The smallest absolute Gasteiger partial charge is 0.244 e. The lowest BCUT2D eigenvalue weighted by molar-refractivity contribution is -0.137. The van der Waals surface area contributed by atoms with E-state index < -0.39 is 0 Å². The summed E-state index contributed by atoms with van der Waals surface area (Å²) in [5, 5.41) is 0. The van der Waals surface area contributed by atoms with Crippen molar-refractivity contribution in [3.05, 3.63) is 65.5 Å². The molecule has 0 bridgehead atoms. The number of anilines is 1. The number of amides is 1. The van der Waals surface area contributed by atoms with Crippen molar-refractivity contribution in [1.82, 2.24) is 19.2 Å². The number of hydrogen-bond donors (Lipinski definition) is 2. The average Bonchev–Trinajstić information content (AvgIpc) is 3.36. The Morgan fingerprint density at radius 3 is 2.44 bits per heavy atom. The van der Waals surface area contributed by atoms with Crippen molar-refractivity contribution in [1.29, 1.82) is 0 Å². The molecule has 0 aromatic heterocycles. The molecule has 2 N–H and O–H groups in total. The van der Waals surface area contributed by atoms with Crippen molar-refractivity contribution < 1.29 is 9.18 Å². The number of nitrogens with one attached hydrogen (secondary N) is 2. The zero-order valence-electron chi connectivity index (χ0n) is 18.8. The van der Waals surface area contributed by atoms with Crippen molar-refractivity contribution in [2.45, 2.75) is 25.9 Å². The third-order valence-electron chi connectivity index (χ3n) is 6.38. The van der Waals surface area contributed by atoms with Crippen molar-refractivity contribution in [2.75, 3.05) is 50.7 Å². The van der Waals surface area contributed by atoms with Crippen LogP contribution < -0.4 is 14.3 Å². The summed E-state index contributed by atoms with van der Waals surface area (Å²) in [6.07, 6.45) is 0. The summed E-state index contributed by atoms with van der Waals surface area (Å²) in [5.74, 6) is -0.0470. The van der Waals surface area contributed by atoms with Crippen LogP contribution in [-0.4, -0.2) is 61.5 Å². The van der Waals surface area contributed by atoms with Crippen LogP contribution in [0.3, 0.4) is 0 Å². The highest BCUT2D eigenvalue weighted by molar-refractivity contribution is 7.95. The first kappa shape index (κ1) is 23.0. The molecule has 32 heavy (non-hydrogen) atoms.